The van der Waals surface area contributed by atoms with Gasteiger partial charge >= 0.3 is 0 Å². The monoisotopic (exact) mass is 463 g/mol. The fourth-order valence-corrected chi connectivity index (χ4v) is 5.06. The van der Waals surface area contributed by atoms with Gasteiger partial charge in [0.05, 0.1) is 0 Å². The summed E-state index contributed by atoms with van der Waals surface area (Å²) >= 11 is 0. The molecule has 1 unspecified atom stereocenters. The average Bonchev–Trinajstić information content (AvgIpc) is 3.11. The van der Waals surface area contributed by atoms with Crippen molar-refractivity contribution >= 4 is 22.4 Å². The molecular formula is C35H29N. The Bertz CT molecular complexity index is 1540. The topological polar surface area (TPSA) is 3.24 Å². The first kappa shape index (κ1) is 22.1. The van der Waals surface area contributed by atoms with Gasteiger partial charge in [0.25, 0.3) is 0 Å². The van der Waals surface area contributed by atoms with Gasteiger partial charge in [0.15, 0.2) is 0 Å². The Kier molecular flexibility index (Phi) is 5.97. The van der Waals surface area contributed by atoms with Crippen LogP contribution in [-0.2, 0) is 0 Å². The lowest BCUT2D eigenvalue weighted by molar-refractivity contribution is 0.646. The number of nitrogens with zero attached hydrogens (tertiary/aromatic N) is 1. The van der Waals surface area contributed by atoms with E-state index < -0.39 is 0 Å². The molecule has 0 saturated heterocycles. The minimum absolute atomic E-state index is 0.446. The standard InChI is InChI=1S/C35H29N/c1-26-14-21-33-24-27(15-16-31-12-7-11-30-10-5-6-13-34(30)31)22-23-36(33)25-35(26)32-19-17-29(18-20-32)28-8-3-2-4-9-28/h2-13,15-26H,14H2,1H3/b16-15+. The zero-order valence-electron chi connectivity index (χ0n) is 20.5. The molecule has 1 nitrogen and oxygen atoms in total. The van der Waals surface area contributed by atoms with Crippen LogP contribution in [0.3, 0.4) is 0 Å². The van der Waals surface area contributed by atoms with E-state index in [1.807, 2.05) is 0 Å². The molecule has 0 saturated carbocycles. The Balaban J connectivity index is 1.24. The van der Waals surface area contributed by atoms with Crippen molar-refractivity contribution in [1.82, 2.24) is 4.90 Å². The molecule has 0 aromatic heterocycles. The molecule has 0 aliphatic carbocycles. The molecule has 0 fully saturated rings. The maximum Gasteiger partial charge on any atom is 0.0415 e. The summed E-state index contributed by atoms with van der Waals surface area (Å²) in [6.07, 6.45) is 16.8. The lowest BCUT2D eigenvalue weighted by Gasteiger charge is -2.22. The van der Waals surface area contributed by atoms with Gasteiger partial charge in [0.2, 0.25) is 0 Å². The molecule has 0 bridgehead atoms. The number of hydrogen-bond acceptors (Lipinski definition) is 1. The third kappa shape index (κ3) is 4.48. The first-order valence-corrected chi connectivity index (χ1v) is 12.7. The van der Waals surface area contributed by atoms with E-state index in [9.17, 15) is 0 Å². The summed E-state index contributed by atoms with van der Waals surface area (Å²) in [5, 5.41) is 2.56. The number of fused-ring (bicyclic) bond motifs is 2. The van der Waals surface area contributed by atoms with Crippen LogP contribution >= 0.6 is 0 Å². The van der Waals surface area contributed by atoms with E-state index in [2.05, 4.69) is 152 Å². The highest BCUT2D eigenvalue weighted by Crippen LogP contribution is 2.34. The summed E-state index contributed by atoms with van der Waals surface area (Å²) in [6, 6.07) is 34.6. The van der Waals surface area contributed by atoms with Gasteiger partial charge in [-0.2, -0.15) is 0 Å². The summed E-state index contributed by atoms with van der Waals surface area (Å²) in [4.78, 5) is 2.26. The third-order valence-electron chi connectivity index (χ3n) is 7.13. The summed E-state index contributed by atoms with van der Waals surface area (Å²) in [7, 11) is 0. The summed E-state index contributed by atoms with van der Waals surface area (Å²) in [6.45, 7) is 2.32. The highest BCUT2D eigenvalue weighted by atomic mass is 15.1. The van der Waals surface area contributed by atoms with Gasteiger partial charge in [0.1, 0.15) is 0 Å². The number of rotatable bonds is 4. The fourth-order valence-electron chi connectivity index (χ4n) is 5.06. The quantitative estimate of drug-likeness (QED) is 0.291. The van der Waals surface area contributed by atoms with E-state index >= 15 is 0 Å². The minimum Gasteiger partial charge on any atom is -0.324 e. The molecule has 0 radical (unpaired) electrons. The minimum atomic E-state index is 0.446. The van der Waals surface area contributed by atoms with Crippen molar-refractivity contribution in [2.24, 2.45) is 5.92 Å². The molecule has 0 N–H and O–H groups in total. The van der Waals surface area contributed by atoms with Crippen molar-refractivity contribution in [3.05, 3.63) is 156 Å². The molecule has 174 valence electrons. The van der Waals surface area contributed by atoms with Gasteiger partial charge in [-0.05, 0) is 68.7 Å². The van der Waals surface area contributed by atoms with Gasteiger partial charge in [-0.15, -0.1) is 0 Å². The molecule has 2 heterocycles. The van der Waals surface area contributed by atoms with Gasteiger partial charge in [-0.25, -0.2) is 0 Å². The van der Waals surface area contributed by atoms with Gasteiger partial charge in [0, 0.05) is 18.1 Å². The van der Waals surface area contributed by atoms with E-state index in [4.69, 9.17) is 0 Å². The molecule has 4 aromatic carbocycles. The smallest absolute Gasteiger partial charge is 0.0415 e. The summed E-state index contributed by atoms with van der Waals surface area (Å²) in [5.74, 6) is 0.446. The lowest BCUT2D eigenvalue weighted by atomic mass is 9.91. The molecule has 2 aliphatic rings. The number of allylic oxidation sites excluding steroid dienone is 6. The molecule has 4 aromatic rings. The normalized spacial score (nSPS) is 17.4. The molecule has 6 rings (SSSR count). The van der Waals surface area contributed by atoms with Crippen LogP contribution in [0.4, 0.5) is 0 Å². The van der Waals surface area contributed by atoms with Gasteiger partial charge in [-0.1, -0.05) is 122 Å². The molecule has 2 aliphatic heterocycles. The van der Waals surface area contributed by atoms with E-state index in [0.29, 0.717) is 5.92 Å². The van der Waals surface area contributed by atoms with Crippen LogP contribution < -0.4 is 0 Å². The van der Waals surface area contributed by atoms with Gasteiger partial charge < -0.3 is 4.90 Å². The van der Waals surface area contributed by atoms with Crippen LogP contribution in [0.2, 0.25) is 0 Å². The number of hydrogen-bond donors (Lipinski definition) is 0. The predicted molar refractivity (Wildman–Crippen MR) is 154 cm³/mol. The fraction of sp³-hybridized carbons (Fsp3) is 0.0857. The highest BCUT2D eigenvalue weighted by molar-refractivity contribution is 5.90. The van der Waals surface area contributed by atoms with Crippen molar-refractivity contribution in [2.45, 2.75) is 13.3 Å². The Hall–Kier alpha value is -4.36. The Morgan fingerprint density at radius 3 is 2.31 bits per heavy atom. The van der Waals surface area contributed by atoms with E-state index in [1.54, 1.807) is 0 Å². The van der Waals surface area contributed by atoms with Crippen molar-refractivity contribution in [1.29, 1.82) is 0 Å². The second-order valence-electron chi connectivity index (χ2n) is 9.56. The molecule has 1 atom stereocenters. The highest BCUT2D eigenvalue weighted by Gasteiger charge is 2.18. The zero-order valence-corrected chi connectivity index (χ0v) is 20.5. The van der Waals surface area contributed by atoms with Crippen LogP contribution in [0.25, 0.3) is 33.5 Å². The number of benzene rings is 4. The van der Waals surface area contributed by atoms with Crippen LogP contribution in [0.1, 0.15) is 24.5 Å². The largest absolute Gasteiger partial charge is 0.324 e. The first-order valence-electron chi connectivity index (χ1n) is 12.7. The lowest BCUT2D eigenvalue weighted by Crippen LogP contribution is -2.11. The summed E-state index contributed by atoms with van der Waals surface area (Å²) in [5.41, 5.74) is 8.85. The third-order valence-corrected chi connectivity index (χ3v) is 7.13. The van der Waals surface area contributed by atoms with E-state index in [0.717, 1.165) is 6.42 Å². The SMILES string of the molecule is CC1CC=C2C=C(/C=C/c3cccc4ccccc34)C=CN2C=C1c1ccc(-c2ccccc2)cc1. The maximum atomic E-state index is 2.36. The van der Waals surface area contributed by atoms with Crippen LogP contribution in [0, 0.1) is 5.92 Å². The van der Waals surface area contributed by atoms with Crippen LogP contribution in [0.5, 0.6) is 0 Å². The molecular weight excluding hydrogens is 434 g/mol. The Morgan fingerprint density at radius 1 is 0.722 bits per heavy atom. The first-order chi connectivity index (χ1) is 17.7. The van der Waals surface area contributed by atoms with Crippen LogP contribution in [-0.4, -0.2) is 4.90 Å². The van der Waals surface area contributed by atoms with Crippen LogP contribution in [0.15, 0.2) is 145 Å². The molecule has 0 amide bonds. The maximum absolute atomic E-state index is 2.36. The van der Waals surface area contributed by atoms with E-state index in [1.165, 1.54) is 49.9 Å². The second-order valence-corrected chi connectivity index (χ2v) is 9.56. The van der Waals surface area contributed by atoms with Crippen molar-refractivity contribution in [3.63, 3.8) is 0 Å². The van der Waals surface area contributed by atoms with E-state index in [-0.39, 0.29) is 0 Å². The second kappa shape index (κ2) is 9.71. The Labute approximate surface area is 213 Å². The summed E-state index contributed by atoms with van der Waals surface area (Å²) < 4.78 is 0. The Morgan fingerprint density at radius 2 is 1.44 bits per heavy atom. The predicted octanol–water partition coefficient (Wildman–Crippen LogP) is 9.24. The molecule has 0 spiro atoms. The molecule has 1 heteroatoms. The average molecular weight is 464 g/mol. The van der Waals surface area contributed by atoms with Crippen molar-refractivity contribution < 1.29 is 0 Å². The molecule has 36 heavy (non-hydrogen) atoms. The van der Waals surface area contributed by atoms with Crippen molar-refractivity contribution in [2.75, 3.05) is 0 Å². The van der Waals surface area contributed by atoms with Crippen molar-refractivity contribution in [3.8, 4) is 11.1 Å². The zero-order chi connectivity index (χ0) is 24.3. The van der Waals surface area contributed by atoms with Gasteiger partial charge in [-0.3, -0.25) is 0 Å².